The number of hydrogen-bond donors (Lipinski definition) is 0. The lowest BCUT2D eigenvalue weighted by atomic mass is 10.1. The van der Waals surface area contributed by atoms with Gasteiger partial charge in [0.2, 0.25) is 0 Å². The Bertz CT molecular complexity index is 1210. The van der Waals surface area contributed by atoms with Crippen molar-refractivity contribution in [1.29, 1.82) is 0 Å². The molecule has 0 N–H and O–H groups in total. The van der Waals surface area contributed by atoms with Crippen LogP contribution in [0.25, 0.3) is 0 Å². The molecule has 0 aliphatic carbocycles. The summed E-state index contributed by atoms with van der Waals surface area (Å²) >= 11 is 0. The van der Waals surface area contributed by atoms with Gasteiger partial charge in [0.1, 0.15) is 0 Å². The molecule has 222 valence electrons. The Labute approximate surface area is 252 Å². The monoisotopic (exact) mass is 566 g/mol. The molecule has 8 nitrogen and oxygen atoms in total. The second-order valence-electron chi connectivity index (χ2n) is 11.3. The summed E-state index contributed by atoms with van der Waals surface area (Å²) in [5.41, 5.74) is 6.66. The maximum atomic E-state index is 4.95. The summed E-state index contributed by atoms with van der Waals surface area (Å²) in [4.78, 5) is 28.0. The molecule has 0 bridgehead atoms. The van der Waals surface area contributed by atoms with Crippen LogP contribution in [0.5, 0.6) is 0 Å². The molecular weight excluding hydrogens is 520 g/mol. The molecule has 42 heavy (non-hydrogen) atoms. The van der Waals surface area contributed by atoms with Crippen molar-refractivity contribution in [3.8, 4) is 0 Å². The quantitative estimate of drug-likeness (QED) is 0.189. The molecule has 0 saturated heterocycles. The highest BCUT2D eigenvalue weighted by Crippen LogP contribution is 2.09. The third-order valence-corrected chi connectivity index (χ3v) is 7.27. The zero-order valence-corrected chi connectivity index (χ0v) is 25.7. The van der Waals surface area contributed by atoms with E-state index in [0.717, 1.165) is 99.4 Å². The van der Waals surface area contributed by atoms with E-state index in [1.165, 1.54) is 0 Å². The van der Waals surface area contributed by atoms with Crippen LogP contribution >= 0.6 is 0 Å². The SMILES string of the molecule is CN(CCN(C)Cc1cccc(CCc2cccc(CN(C)CCN(C)Cc3ccccn3)n2)n1)Cc1ccccn1. The molecule has 0 unspecified atom stereocenters. The minimum atomic E-state index is 0.836. The summed E-state index contributed by atoms with van der Waals surface area (Å²) in [6, 6.07) is 24.9. The van der Waals surface area contributed by atoms with Crippen LogP contribution in [-0.2, 0) is 39.0 Å². The van der Waals surface area contributed by atoms with E-state index in [-0.39, 0.29) is 0 Å². The van der Waals surface area contributed by atoms with Crippen LogP contribution in [-0.4, -0.2) is 93.9 Å². The third-order valence-electron chi connectivity index (χ3n) is 7.27. The molecule has 4 rings (SSSR count). The summed E-state index contributed by atoms with van der Waals surface area (Å²) in [6.07, 6.45) is 5.48. The molecular formula is C34H46N8. The highest BCUT2D eigenvalue weighted by atomic mass is 15.2. The highest BCUT2D eigenvalue weighted by Gasteiger charge is 2.09. The molecule has 0 aliphatic heterocycles. The van der Waals surface area contributed by atoms with Crippen molar-refractivity contribution in [3.63, 3.8) is 0 Å². The van der Waals surface area contributed by atoms with Gasteiger partial charge in [0, 0.05) is 76.1 Å². The van der Waals surface area contributed by atoms with Gasteiger partial charge in [0.25, 0.3) is 0 Å². The van der Waals surface area contributed by atoms with Gasteiger partial charge in [-0.05, 0) is 89.6 Å². The lowest BCUT2D eigenvalue weighted by Crippen LogP contribution is -2.30. The van der Waals surface area contributed by atoms with Gasteiger partial charge >= 0.3 is 0 Å². The first-order valence-electron chi connectivity index (χ1n) is 14.9. The van der Waals surface area contributed by atoms with Gasteiger partial charge in [-0.15, -0.1) is 0 Å². The van der Waals surface area contributed by atoms with Crippen LogP contribution < -0.4 is 0 Å². The molecule has 0 spiro atoms. The first-order valence-corrected chi connectivity index (χ1v) is 14.9. The molecule has 4 aromatic rings. The van der Waals surface area contributed by atoms with Crippen LogP contribution in [0.1, 0.15) is 34.2 Å². The summed E-state index contributed by atoms with van der Waals surface area (Å²) in [6.45, 7) is 7.29. The van der Waals surface area contributed by atoms with Gasteiger partial charge in [-0.25, -0.2) is 0 Å². The molecule has 0 saturated carbocycles. The van der Waals surface area contributed by atoms with Crippen LogP contribution in [0.4, 0.5) is 0 Å². The van der Waals surface area contributed by atoms with E-state index in [1.54, 1.807) is 0 Å². The zero-order valence-electron chi connectivity index (χ0n) is 25.7. The Kier molecular flexibility index (Phi) is 12.5. The van der Waals surface area contributed by atoms with E-state index in [4.69, 9.17) is 9.97 Å². The molecule has 4 aromatic heterocycles. The van der Waals surface area contributed by atoms with Gasteiger partial charge < -0.3 is 0 Å². The standard InChI is InChI=1S/C34H46N8/c1-39(25-31-11-5-7-19-35-31)21-23-41(3)27-33-15-9-13-29(37-33)17-18-30-14-10-16-34(38-30)28-42(4)24-22-40(2)26-32-12-6-8-20-36-32/h5-16,19-20H,17-18,21-28H2,1-4H3. The van der Waals surface area contributed by atoms with Crippen molar-refractivity contribution >= 4 is 0 Å². The number of pyridine rings is 4. The second-order valence-corrected chi connectivity index (χ2v) is 11.3. The molecule has 4 heterocycles. The third kappa shape index (κ3) is 11.4. The molecule has 0 amide bonds. The predicted octanol–water partition coefficient (Wildman–Crippen LogP) is 4.18. The topological polar surface area (TPSA) is 64.5 Å². The van der Waals surface area contributed by atoms with E-state index in [2.05, 4.69) is 106 Å². The van der Waals surface area contributed by atoms with Crippen molar-refractivity contribution in [2.75, 3.05) is 54.4 Å². The smallest absolute Gasteiger partial charge is 0.0547 e. The summed E-state index contributed by atoms with van der Waals surface area (Å²) in [7, 11) is 8.61. The number of likely N-dealkylation sites (N-methyl/N-ethyl adjacent to an activating group) is 4. The van der Waals surface area contributed by atoms with Gasteiger partial charge in [-0.1, -0.05) is 24.3 Å². The van der Waals surface area contributed by atoms with Gasteiger partial charge in [0.15, 0.2) is 0 Å². The normalized spacial score (nSPS) is 11.7. The number of rotatable bonds is 17. The molecule has 0 radical (unpaired) electrons. The first-order chi connectivity index (χ1) is 20.4. The van der Waals surface area contributed by atoms with Crippen LogP contribution in [0.3, 0.4) is 0 Å². The minimum absolute atomic E-state index is 0.836. The van der Waals surface area contributed by atoms with Crippen molar-refractivity contribution in [3.05, 3.63) is 119 Å². The maximum absolute atomic E-state index is 4.95. The minimum Gasteiger partial charge on any atom is -0.299 e. The fourth-order valence-corrected chi connectivity index (χ4v) is 4.86. The summed E-state index contributed by atoms with van der Waals surface area (Å²) < 4.78 is 0. The lowest BCUT2D eigenvalue weighted by molar-refractivity contribution is 0.244. The fraction of sp³-hybridized carbons (Fsp3) is 0.412. The van der Waals surface area contributed by atoms with Crippen molar-refractivity contribution in [1.82, 2.24) is 39.5 Å². The molecule has 0 fully saturated rings. The molecule has 0 atom stereocenters. The average molecular weight is 567 g/mol. The molecule has 0 aliphatic rings. The number of hydrogen-bond acceptors (Lipinski definition) is 8. The van der Waals surface area contributed by atoms with E-state index >= 15 is 0 Å². The lowest BCUT2D eigenvalue weighted by Gasteiger charge is -2.22. The second kappa shape index (κ2) is 16.8. The Morgan fingerprint density at radius 2 is 0.738 bits per heavy atom. The summed E-state index contributed by atoms with van der Waals surface area (Å²) in [5, 5.41) is 0. The van der Waals surface area contributed by atoms with E-state index in [9.17, 15) is 0 Å². The largest absolute Gasteiger partial charge is 0.299 e. The molecule has 0 aromatic carbocycles. The molecule has 8 heteroatoms. The Hall–Kier alpha value is -3.56. The van der Waals surface area contributed by atoms with Crippen molar-refractivity contribution < 1.29 is 0 Å². The number of nitrogens with zero attached hydrogens (tertiary/aromatic N) is 8. The number of aromatic nitrogens is 4. The van der Waals surface area contributed by atoms with E-state index in [1.807, 2.05) is 36.7 Å². The number of aryl methyl sites for hydroxylation is 2. The Balaban J connectivity index is 1.18. The van der Waals surface area contributed by atoms with E-state index < -0.39 is 0 Å². The van der Waals surface area contributed by atoms with Crippen LogP contribution in [0.15, 0.2) is 85.2 Å². The van der Waals surface area contributed by atoms with Crippen molar-refractivity contribution in [2.24, 2.45) is 0 Å². The van der Waals surface area contributed by atoms with Gasteiger partial charge in [-0.2, -0.15) is 0 Å². The van der Waals surface area contributed by atoms with E-state index in [0.29, 0.717) is 0 Å². The van der Waals surface area contributed by atoms with Crippen molar-refractivity contribution in [2.45, 2.75) is 39.0 Å². The predicted molar refractivity (Wildman–Crippen MR) is 170 cm³/mol. The first kappa shape index (κ1) is 31.4. The highest BCUT2D eigenvalue weighted by molar-refractivity contribution is 5.15. The average Bonchev–Trinajstić information content (AvgIpc) is 2.99. The van der Waals surface area contributed by atoms with Gasteiger partial charge in [0.05, 0.1) is 22.8 Å². The fourth-order valence-electron chi connectivity index (χ4n) is 4.86. The van der Waals surface area contributed by atoms with Crippen LogP contribution in [0, 0.1) is 0 Å². The van der Waals surface area contributed by atoms with Crippen LogP contribution in [0.2, 0.25) is 0 Å². The Morgan fingerprint density at radius 3 is 1.10 bits per heavy atom. The Morgan fingerprint density at radius 1 is 0.405 bits per heavy atom. The summed E-state index contributed by atoms with van der Waals surface area (Å²) in [5.74, 6) is 0. The zero-order chi connectivity index (χ0) is 29.6. The maximum Gasteiger partial charge on any atom is 0.0547 e. The van der Waals surface area contributed by atoms with Gasteiger partial charge in [-0.3, -0.25) is 39.5 Å².